The zero-order valence-corrected chi connectivity index (χ0v) is 23.9. The Morgan fingerprint density at radius 2 is 1.75 bits per heavy atom. The van der Waals surface area contributed by atoms with Crippen molar-refractivity contribution in [2.24, 2.45) is 0 Å². The summed E-state index contributed by atoms with van der Waals surface area (Å²) in [6.45, 7) is 7.58. The number of thiazole rings is 1. The molecule has 0 bridgehead atoms. The number of Topliss-reactive ketones (excluding diaryl/α,β-unsaturated/α-hetero) is 1. The van der Waals surface area contributed by atoms with Crippen molar-refractivity contribution in [3.8, 4) is 17.2 Å². The van der Waals surface area contributed by atoms with Crippen molar-refractivity contribution >= 4 is 39.9 Å². The number of aryl methyl sites for hydroxylation is 2. The summed E-state index contributed by atoms with van der Waals surface area (Å²) in [7, 11) is 2.96. The molecule has 1 amide bonds. The third-order valence-electron chi connectivity index (χ3n) is 6.38. The number of hydrogen-bond donors (Lipinski definition) is 1. The van der Waals surface area contributed by atoms with Crippen LogP contribution in [0.3, 0.4) is 0 Å². The highest BCUT2D eigenvalue weighted by Gasteiger charge is 2.48. The highest BCUT2D eigenvalue weighted by Crippen LogP contribution is 2.46. The molecule has 0 radical (unpaired) electrons. The van der Waals surface area contributed by atoms with E-state index in [9.17, 15) is 19.5 Å². The van der Waals surface area contributed by atoms with Gasteiger partial charge in [0.15, 0.2) is 16.6 Å². The predicted molar refractivity (Wildman–Crippen MR) is 149 cm³/mol. The molecule has 0 aliphatic carbocycles. The Morgan fingerprint density at radius 3 is 2.38 bits per heavy atom. The normalized spacial score (nSPS) is 16.2. The fraction of sp³-hybridized carbons (Fsp3) is 0.310. The van der Waals surface area contributed by atoms with Crippen molar-refractivity contribution in [2.45, 2.75) is 33.7 Å². The van der Waals surface area contributed by atoms with E-state index in [2.05, 4.69) is 4.98 Å². The second-order valence-electron chi connectivity index (χ2n) is 8.82. The molecule has 1 aromatic heterocycles. The second kappa shape index (κ2) is 11.8. The molecule has 1 saturated heterocycles. The predicted octanol–water partition coefficient (Wildman–Crippen LogP) is 4.98. The number of ether oxygens (including phenoxy) is 4. The Hall–Kier alpha value is -4.38. The van der Waals surface area contributed by atoms with E-state index in [0.29, 0.717) is 46.2 Å². The number of hydrogen-bond acceptors (Lipinski definition) is 10. The maximum atomic E-state index is 13.6. The van der Waals surface area contributed by atoms with E-state index in [0.717, 1.165) is 11.3 Å². The van der Waals surface area contributed by atoms with Crippen LogP contribution in [0.4, 0.5) is 5.13 Å². The lowest BCUT2D eigenvalue weighted by Crippen LogP contribution is -2.29. The number of aliphatic hydroxyl groups excluding tert-OH is 1. The van der Waals surface area contributed by atoms with Crippen molar-refractivity contribution in [3.63, 3.8) is 0 Å². The molecule has 2 heterocycles. The van der Waals surface area contributed by atoms with Crippen molar-refractivity contribution in [3.05, 3.63) is 69.2 Å². The first-order valence-electron chi connectivity index (χ1n) is 12.6. The van der Waals surface area contributed by atoms with Crippen LogP contribution in [0.2, 0.25) is 0 Å². The molecule has 3 aromatic rings. The van der Waals surface area contributed by atoms with E-state index in [-0.39, 0.29) is 27.9 Å². The van der Waals surface area contributed by atoms with Crippen LogP contribution in [0.25, 0.3) is 5.76 Å². The van der Waals surface area contributed by atoms with Crippen LogP contribution in [0.15, 0.2) is 42.0 Å². The zero-order valence-electron chi connectivity index (χ0n) is 23.1. The molecule has 1 N–H and O–H groups in total. The number of esters is 1. The molecule has 0 spiro atoms. The highest BCUT2D eigenvalue weighted by atomic mass is 32.1. The quantitative estimate of drug-likeness (QED) is 0.165. The third-order valence-corrected chi connectivity index (χ3v) is 7.52. The molecule has 1 aliphatic rings. The molecule has 1 aliphatic heterocycles. The van der Waals surface area contributed by atoms with Crippen molar-refractivity contribution in [1.29, 1.82) is 0 Å². The molecule has 2 aromatic carbocycles. The average Bonchev–Trinajstić information content (AvgIpc) is 3.44. The number of amides is 1. The molecule has 11 heteroatoms. The van der Waals surface area contributed by atoms with Gasteiger partial charge in [-0.15, -0.1) is 0 Å². The van der Waals surface area contributed by atoms with E-state index in [1.54, 1.807) is 57.2 Å². The molecule has 1 atom stereocenters. The van der Waals surface area contributed by atoms with E-state index < -0.39 is 23.7 Å². The Morgan fingerprint density at radius 1 is 1.02 bits per heavy atom. The number of anilines is 1. The van der Waals surface area contributed by atoms with Gasteiger partial charge in [0.05, 0.1) is 44.7 Å². The third kappa shape index (κ3) is 5.12. The summed E-state index contributed by atoms with van der Waals surface area (Å²) < 4.78 is 21.5. The van der Waals surface area contributed by atoms with Gasteiger partial charge in [-0.25, -0.2) is 9.78 Å². The Kier molecular flexibility index (Phi) is 8.43. The SMILES string of the molecule is CCOC(=O)c1sc(N2C(=O)C(=O)C(=C(O)c3ccc(OCC)cc3C)[C@@H]2c2ccc(OC)c(OC)c2)nc1C. The summed E-state index contributed by atoms with van der Waals surface area (Å²) >= 11 is 0.937. The number of nitrogens with zero attached hydrogens (tertiary/aromatic N) is 2. The standard InChI is InChI=1S/C29H30N2O8S/c1-7-38-18-10-11-19(15(3)13-18)24(32)22-23(17-9-12-20(36-5)21(14-17)37-6)31(27(34)25(22)33)29-30-16(4)26(40-29)28(35)39-8-2/h9-14,23,32H,7-8H2,1-6H3/t23-/m0/s1. The van der Waals surface area contributed by atoms with Crippen LogP contribution in [-0.4, -0.2) is 55.2 Å². The highest BCUT2D eigenvalue weighted by molar-refractivity contribution is 7.17. The summed E-state index contributed by atoms with van der Waals surface area (Å²) in [5.41, 5.74) is 1.71. The Balaban J connectivity index is 1.95. The maximum absolute atomic E-state index is 13.6. The second-order valence-corrected chi connectivity index (χ2v) is 9.80. The van der Waals surface area contributed by atoms with Crippen LogP contribution in [0.1, 0.15) is 51.9 Å². The minimum atomic E-state index is -1.08. The lowest BCUT2D eigenvalue weighted by Gasteiger charge is -2.24. The molecule has 0 unspecified atom stereocenters. The van der Waals surface area contributed by atoms with Gasteiger partial charge in [-0.05, 0) is 69.2 Å². The molecular weight excluding hydrogens is 536 g/mol. The lowest BCUT2D eigenvalue weighted by molar-refractivity contribution is -0.132. The van der Waals surface area contributed by atoms with Gasteiger partial charge in [-0.2, -0.15) is 0 Å². The molecule has 40 heavy (non-hydrogen) atoms. The van der Waals surface area contributed by atoms with Crippen molar-refractivity contribution in [1.82, 2.24) is 4.98 Å². The van der Waals surface area contributed by atoms with E-state index >= 15 is 0 Å². The minimum absolute atomic E-state index is 0.116. The fourth-order valence-electron chi connectivity index (χ4n) is 4.54. The summed E-state index contributed by atoms with van der Waals surface area (Å²) in [5.74, 6) is -1.29. The molecule has 4 rings (SSSR count). The van der Waals surface area contributed by atoms with Crippen LogP contribution in [0.5, 0.6) is 17.2 Å². The first-order valence-corrected chi connectivity index (χ1v) is 13.4. The van der Waals surface area contributed by atoms with Gasteiger partial charge >= 0.3 is 11.9 Å². The van der Waals surface area contributed by atoms with Crippen LogP contribution >= 0.6 is 11.3 Å². The number of benzene rings is 2. The molecule has 1 fully saturated rings. The maximum Gasteiger partial charge on any atom is 0.350 e. The number of carbonyl (C=O) groups is 3. The Bertz CT molecular complexity index is 1510. The summed E-state index contributed by atoms with van der Waals surface area (Å²) in [5, 5.41) is 11.7. The average molecular weight is 567 g/mol. The molecule has 10 nitrogen and oxygen atoms in total. The van der Waals surface area contributed by atoms with Gasteiger partial charge in [0.2, 0.25) is 0 Å². The number of methoxy groups -OCH3 is 2. The van der Waals surface area contributed by atoms with Crippen LogP contribution < -0.4 is 19.1 Å². The van der Waals surface area contributed by atoms with E-state index in [4.69, 9.17) is 18.9 Å². The van der Waals surface area contributed by atoms with E-state index in [1.807, 2.05) is 6.92 Å². The number of carbonyl (C=O) groups excluding carboxylic acids is 3. The minimum Gasteiger partial charge on any atom is -0.507 e. The van der Waals surface area contributed by atoms with Gasteiger partial charge in [0.25, 0.3) is 5.78 Å². The van der Waals surface area contributed by atoms with Gasteiger partial charge in [-0.3, -0.25) is 14.5 Å². The van der Waals surface area contributed by atoms with Crippen LogP contribution in [0, 0.1) is 13.8 Å². The van der Waals surface area contributed by atoms with Crippen molar-refractivity contribution in [2.75, 3.05) is 32.3 Å². The first-order chi connectivity index (χ1) is 19.2. The van der Waals surface area contributed by atoms with Gasteiger partial charge < -0.3 is 24.1 Å². The number of aromatic nitrogens is 1. The number of ketones is 1. The van der Waals surface area contributed by atoms with Crippen LogP contribution in [-0.2, 0) is 14.3 Å². The van der Waals surface area contributed by atoms with Gasteiger partial charge in [0.1, 0.15) is 16.4 Å². The summed E-state index contributed by atoms with van der Waals surface area (Å²) in [4.78, 5) is 45.5. The molecule has 0 saturated carbocycles. The van der Waals surface area contributed by atoms with E-state index in [1.165, 1.54) is 19.1 Å². The van der Waals surface area contributed by atoms with Gasteiger partial charge in [0, 0.05) is 5.56 Å². The summed E-state index contributed by atoms with van der Waals surface area (Å²) in [6, 6.07) is 8.95. The summed E-state index contributed by atoms with van der Waals surface area (Å²) in [6.07, 6.45) is 0. The fourth-order valence-corrected chi connectivity index (χ4v) is 5.53. The van der Waals surface area contributed by atoms with Crippen molar-refractivity contribution < 1.29 is 38.4 Å². The zero-order chi connectivity index (χ0) is 29.1. The lowest BCUT2D eigenvalue weighted by atomic mass is 9.93. The molecule has 210 valence electrons. The van der Waals surface area contributed by atoms with Gasteiger partial charge in [-0.1, -0.05) is 17.4 Å². The monoisotopic (exact) mass is 566 g/mol. The smallest absolute Gasteiger partial charge is 0.350 e. The first kappa shape index (κ1) is 28.6. The number of rotatable bonds is 9. The number of aliphatic hydroxyl groups is 1. The Labute approximate surface area is 235 Å². The topological polar surface area (TPSA) is 124 Å². The molecular formula is C29H30N2O8S. The largest absolute Gasteiger partial charge is 0.507 e.